The van der Waals surface area contributed by atoms with E-state index in [1.807, 2.05) is 20.8 Å². The van der Waals surface area contributed by atoms with E-state index in [1.165, 1.54) is 7.11 Å². The highest BCUT2D eigenvalue weighted by molar-refractivity contribution is 5.86. The van der Waals surface area contributed by atoms with Crippen LogP contribution >= 0.6 is 0 Å². The van der Waals surface area contributed by atoms with E-state index in [2.05, 4.69) is 15.4 Å². The van der Waals surface area contributed by atoms with Crippen molar-refractivity contribution in [1.82, 2.24) is 10.6 Å². The van der Waals surface area contributed by atoms with Crippen molar-refractivity contribution in [2.24, 2.45) is 0 Å². The summed E-state index contributed by atoms with van der Waals surface area (Å²) in [6, 6.07) is 3.30. The number of furan rings is 1. The van der Waals surface area contributed by atoms with Crippen LogP contribution in [0.4, 0.5) is 4.79 Å². The summed E-state index contributed by atoms with van der Waals surface area (Å²) in [6.45, 7) is 7.18. The summed E-state index contributed by atoms with van der Waals surface area (Å²) in [7, 11) is 1.31. The second-order valence-electron chi connectivity index (χ2n) is 5.72. The monoisotopic (exact) mass is 312 g/mol. The summed E-state index contributed by atoms with van der Waals surface area (Å²) in [5.74, 6) is 0.346. The number of methoxy groups -OCH3 is 1. The number of ether oxygens (including phenoxy) is 2. The first-order chi connectivity index (χ1) is 10.3. The first-order valence-electron chi connectivity index (χ1n) is 7.16. The van der Waals surface area contributed by atoms with E-state index in [1.54, 1.807) is 12.1 Å². The molecule has 1 aromatic heterocycles. The molecule has 0 atom stereocenters. The third-order valence-electron chi connectivity index (χ3n) is 2.55. The molecule has 0 aromatic carbocycles. The largest absolute Gasteiger partial charge is 0.463 e. The minimum Gasteiger partial charge on any atom is -0.463 e. The summed E-state index contributed by atoms with van der Waals surface area (Å²) >= 11 is 0. The Morgan fingerprint density at radius 1 is 1.23 bits per heavy atom. The van der Waals surface area contributed by atoms with Gasteiger partial charge >= 0.3 is 12.1 Å². The summed E-state index contributed by atoms with van der Waals surface area (Å²) in [6.07, 6.45) is 0.338. The zero-order valence-electron chi connectivity index (χ0n) is 13.5. The van der Waals surface area contributed by atoms with Crippen molar-refractivity contribution in [3.63, 3.8) is 0 Å². The summed E-state index contributed by atoms with van der Waals surface area (Å²) in [4.78, 5) is 22.6. The Labute approximate surface area is 130 Å². The van der Waals surface area contributed by atoms with Crippen molar-refractivity contribution in [3.05, 3.63) is 23.7 Å². The van der Waals surface area contributed by atoms with Crippen molar-refractivity contribution in [2.75, 3.05) is 20.2 Å². The van der Waals surface area contributed by atoms with Gasteiger partial charge in [0.2, 0.25) is 5.76 Å². The molecule has 1 amide bonds. The first-order valence-corrected chi connectivity index (χ1v) is 7.16. The lowest BCUT2D eigenvalue weighted by Crippen LogP contribution is -2.33. The second kappa shape index (κ2) is 8.43. The maximum Gasteiger partial charge on any atom is 0.407 e. The Hall–Kier alpha value is -2.02. The number of nitrogens with one attached hydrogen (secondary N) is 2. The normalized spacial score (nSPS) is 11.1. The van der Waals surface area contributed by atoms with E-state index in [0.29, 0.717) is 25.4 Å². The lowest BCUT2D eigenvalue weighted by molar-refractivity contribution is 0.0525. The first kappa shape index (κ1) is 18.0. The predicted octanol–water partition coefficient (Wildman–Crippen LogP) is 2.07. The van der Waals surface area contributed by atoms with E-state index in [-0.39, 0.29) is 5.76 Å². The van der Waals surface area contributed by atoms with Crippen molar-refractivity contribution in [1.29, 1.82) is 0 Å². The molecule has 7 nitrogen and oxygen atoms in total. The molecule has 7 heteroatoms. The Morgan fingerprint density at radius 2 is 1.95 bits per heavy atom. The molecule has 1 heterocycles. The Balaban J connectivity index is 2.12. The van der Waals surface area contributed by atoms with Crippen LogP contribution in [0.3, 0.4) is 0 Å². The second-order valence-corrected chi connectivity index (χ2v) is 5.72. The fourth-order valence-corrected chi connectivity index (χ4v) is 1.61. The Bertz CT molecular complexity index is 490. The molecule has 1 rings (SSSR count). The van der Waals surface area contributed by atoms with E-state index in [4.69, 9.17) is 9.15 Å². The highest BCUT2D eigenvalue weighted by Gasteiger charge is 2.15. The van der Waals surface area contributed by atoms with Crippen LogP contribution in [0.5, 0.6) is 0 Å². The zero-order chi connectivity index (χ0) is 16.6. The molecular formula is C15H24N2O5. The Morgan fingerprint density at radius 3 is 2.59 bits per heavy atom. The van der Waals surface area contributed by atoms with Gasteiger partial charge in [0.05, 0.1) is 13.7 Å². The number of carbonyl (C=O) groups is 2. The number of hydrogen-bond acceptors (Lipinski definition) is 6. The molecule has 124 valence electrons. The average molecular weight is 312 g/mol. The molecule has 0 spiro atoms. The minimum absolute atomic E-state index is 0.186. The quantitative estimate of drug-likeness (QED) is 0.592. The summed E-state index contributed by atoms with van der Waals surface area (Å²) in [5.41, 5.74) is -0.487. The topological polar surface area (TPSA) is 89.8 Å². The van der Waals surface area contributed by atoms with Gasteiger partial charge < -0.3 is 24.5 Å². The predicted molar refractivity (Wildman–Crippen MR) is 80.6 cm³/mol. The van der Waals surface area contributed by atoms with Gasteiger partial charge in [0.1, 0.15) is 11.4 Å². The molecule has 0 fully saturated rings. The van der Waals surface area contributed by atoms with E-state index < -0.39 is 17.7 Å². The van der Waals surface area contributed by atoms with Gasteiger partial charge in [-0.1, -0.05) is 0 Å². The van der Waals surface area contributed by atoms with Gasteiger partial charge in [0.15, 0.2) is 0 Å². The summed E-state index contributed by atoms with van der Waals surface area (Å²) in [5, 5.41) is 5.83. The van der Waals surface area contributed by atoms with Crippen molar-refractivity contribution in [3.8, 4) is 0 Å². The minimum atomic E-state index is -0.493. The maximum atomic E-state index is 11.4. The van der Waals surface area contributed by atoms with Gasteiger partial charge in [0.25, 0.3) is 0 Å². The standard InChI is InChI=1S/C15H24N2O5/c1-15(2,3)22-14(19)17-9-5-8-16-10-11-6-7-12(21-11)13(18)20-4/h6-7,16H,5,8-10H2,1-4H3,(H,17,19). The van der Waals surface area contributed by atoms with Gasteiger partial charge in [-0.05, 0) is 45.9 Å². The number of carbonyl (C=O) groups excluding carboxylic acids is 2. The number of alkyl carbamates (subject to hydrolysis) is 1. The van der Waals surface area contributed by atoms with Gasteiger partial charge in [-0.15, -0.1) is 0 Å². The fraction of sp³-hybridized carbons (Fsp3) is 0.600. The van der Waals surface area contributed by atoms with Crippen LogP contribution in [-0.4, -0.2) is 37.9 Å². The number of hydrogen-bond donors (Lipinski definition) is 2. The molecule has 22 heavy (non-hydrogen) atoms. The van der Waals surface area contributed by atoms with Crippen molar-refractivity contribution < 1.29 is 23.5 Å². The number of amides is 1. The van der Waals surface area contributed by atoms with Crippen LogP contribution in [0, 0.1) is 0 Å². The smallest absolute Gasteiger partial charge is 0.407 e. The van der Waals surface area contributed by atoms with Crippen LogP contribution in [0.2, 0.25) is 0 Å². The lowest BCUT2D eigenvalue weighted by atomic mass is 10.2. The molecule has 0 bridgehead atoms. The maximum absolute atomic E-state index is 11.4. The van der Waals surface area contributed by atoms with E-state index >= 15 is 0 Å². The fourth-order valence-electron chi connectivity index (χ4n) is 1.61. The highest BCUT2D eigenvalue weighted by Crippen LogP contribution is 2.08. The van der Waals surface area contributed by atoms with Crippen LogP contribution in [0.1, 0.15) is 43.5 Å². The van der Waals surface area contributed by atoms with Crippen molar-refractivity contribution in [2.45, 2.75) is 39.3 Å². The van der Waals surface area contributed by atoms with E-state index in [0.717, 1.165) is 6.42 Å². The third-order valence-corrected chi connectivity index (χ3v) is 2.55. The van der Waals surface area contributed by atoms with Crippen LogP contribution in [0.15, 0.2) is 16.5 Å². The molecule has 0 saturated heterocycles. The van der Waals surface area contributed by atoms with Crippen molar-refractivity contribution >= 4 is 12.1 Å². The Kier molecular flexibility index (Phi) is 6.91. The molecule has 0 radical (unpaired) electrons. The molecule has 1 aromatic rings. The van der Waals surface area contributed by atoms with Gasteiger partial charge in [-0.2, -0.15) is 0 Å². The molecule has 0 aliphatic rings. The van der Waals surface area contributed by atoms with Crippen LogP contribution in [0.25, 0.3) is 0 Å². The number of rotatable bonds is 7. The third kappa shape index (κ3) is 7.12. The summed E-state index contributed by atoms with van der Waals surface area (Å²) < 4.78 is 15.0. The van der Waals surface area contributed by atoms with Crippen LogP contribution in [-0.2, 0) is 16.0 Å². The van der Waals surface area contributed by atoms with Gasteiger partial charge in [-0.3, -0.25) is 0 Å². The zero-order valence-corrected chi connectivity index (χ0v) is 13.5. The molecular weight excluding hydrogens is 288 g/mol. The molecule has 0 aliphatic heterocycles. The van der Waals surface area contributed by atoms with Gasteiger partial charge in [-0.25, -0.2) is 9.59 Å². The SMILES string of the molecule is COC(=O)c1ccc(CNCCCNC(=O)OC(C)(C)C)o1. The lowest BCUT2D eigenvalue weighted by Gasteiger charge is -2.19. The highest BCUT2D eigenvalue weighted by atomic mass is 16.6. The molecule has 0 aliphatic carbocycles. The number of esters is 1. The van der Waals surface area contributed by atoms with Gasteiger partial charge in [0, 0.05) is 6.54 Å². The molecule has 0 unspecified atom stereocenters. The molecule has 2 N–H and O–H groups in total. The average Bonchev–Trinajstić information content (AvgIpc) is 2.88. The molecule has 0 saturated carbocycles. The van der Waals surface area contributed by atoms with Crippen LogP contribution < -0.4 is 10.6 Å². The van der Waals surface area contributed by atoms with E-state index in [9.17, 15) is 9.59 Å².